The Morgan fingerprint density at radius 1 is 0.500 bits per heavy atom. The molecule has 0 aromatic heterocycles. The number of aliphatic hydroxyl groups is 1. The predicted molar refractivity (Wildman–Crippen MR) is 219 cm³/mol. The summed E-state index contributed by atoms with van der Waals surface area (Å²) < 4.78 is 11.1. The Labute approximate surface area is 310 Å². The van der Waals surface area contributed by atoms with Gasteiger partial charge in [-0.25, -0.2) is 0 Å². The summed E-state index contributed by atoms with van der Waals surface area (Å²) in [6.07, 6.45) is 58.1. The van der Waals surface area contributed by atoms with Gasteiger partial charge in [0, 0.05) is 13.0 Å². The minimum absolute atomic E-state index is 0.183. The molecular formula is C46H80O4. The first-order valence-electron chi connectivity index (χ1n) is 21.0. The van der Waals surface area contributed by atoms with Crippen LogP contribution in [0, 0.1) is 0 Å². The van der Waals surface area contributed by atoms with Gasteiger partial charge in [0.15, 0.2) is 0 Å². The second-order valence-corrected chi connectivity index (χ2v) is 13.7. The molecule has 0 aliphatic heterocycles. The number of carbonyl (C=O) groups excluding carboxylic acids is 1. The Kier molecular flexibility index (Phi) is 41.1. The van der Waals surface area contributed by atoms with E-state index in [9.17, 15) is 9.90 Å². The Morgan fingerprint density at radius 2 is 0.900 bits per heavy atom. The monoisotopic (exact) mass is 697 g/mol. The van der Waals surface area contributed by atoms with Crippen LogP contribution in [-0.4, -0.2) is 37.0 Å². The summed E-state index contributed by atoms with van der Waals surface area (Å²) in [5, 5.41) is 9.60. The molecule has 0 saturated carbocycles. The van der Waals surface area contributed by atoms with Crippen molar-refractivity contribution in [2.45, 2.75) is 193 Å². The van der Waals surface area contributed by atoms with Crippen LogP contribution in [-0.2, 0) is 14.3 Å². The lowest BCUT2D eigenvalue weighted by atomic mass is 10.1. The van der Waals surface area contributed by atoms with Gasteiger partial charge in [-0.3, -0.25) is 4.79 Å². The van der Waals surface area contributed by atoms with Gasteiger partial charge in [0.05, 0.1) is 13.2 Å². The summed E-state index contributed by atoms with van der Waals surface area (Å²) in [5.41, 5.74) is 0. The van der Waals surface area contributed by atoms with Crippen molar-refractivity contribution in [1.29, 1.82) is 0 Å². The highest BCUT2D eigenvalue weighted by Gasteiger charge is 2.13. The zero-order valence-corrected chi connectivity index (χ0v) is 32.9. The van der Waals surface area contributed by atoms with Crippen LogP contribution < -0.4 is 0 Å². The average molecular weight is 697 g/mol. The lowest BCUT2D eigenvalue weighted by molar-refractivity contribution is -0.154. The fourth-order valence-corrected chi connectivity index (χ4v) is 5.64. The molecule has 0 saturated heterocycles. The molecule has 0 aliphatic rings. The van der Waals surface area contributed by atoms with Crippen molar-refractivity contribution in [1.82, 2.24) is 0 Å². The number of carbonyl (C=O) groups is 1. The van der Waals surface area contributed by atoms with Gasteiger partial charge >= 0.3 is 5.97 Å². The van der Waals surface area contributed by atoms with Crippen LogP contribution in [0.3, 0.4) is 0 Å². The minimum Gasteiger partial charge on any atom is -0.457 e. The van der Waals surface area contributed by atoms with Gasteiger partial charge in [-0.15, -0.1) is 0 Å². The molecule has 0 heterocycles. The van der Waals surface area contributed by atoms with E-state index in [-0.39, 0.29) is 19.2 Å². The van der Waals surface area contributed by atoms with Crippen molar-refractivity contribution in [3.05, 3.63) is 72.9 Å². The summed E-state index contributed by atoms with van der Waals surface area (Å²) in [6.45, 7) is 5.18. The van der Waals surface area contributed by atoms with Crippen LogP contribution in [0.5, 0.6) is 0 Å². The molecule has 0 rings (SSSR count). The van der Waals surface area contributed by atoms with E-state index in [2.05, 4.69) is 86.8 Å². The number of unbranched alkanes of at least 4 members (excludes halogenated alkanes) is 18. The highest BCUT2D eigenvalue weighted by atomic mass is 16.6. The van der Waals surface area contributed by atoms with Gasteiger partial charge in [0.1, 0.15) is 6.10 Å². The van der Waals surface area contributed by atoms with E-state index in [1.807, 2.05) is 0 Å². The maximum Gasteiger partial charge on any atom is 0.306 e. The zero-order valence-electron chi connectivity index (χ0n) is 32.9. The van der Waals surface area contributed by atoms with Crippen molar-refractivity contribution in [3.8, 4) is 0 Å². The third-order valence-electron chi connectivity index (χ3n) is 8.77. The summed E-state index contributed by atoms with van der Waals surface area (Å²) in [4.78, 5) is 12.2. The van der Waals surface area contributed by atoms with E-state index >= 15 is 0 Å². The maximum absolute atomic E-state index is 12.2. The summed E-state index contributed by atoms with van der Waals surface area (Å²) in [7, 11) is 0. The topological polar surface area (TPSA) is 55.8 Å². The highest BCUT2D eigenvalue weighted by molar-refractivity contribution is 5.69. The van der Waals surface area contributed by atoms with Gasteiger partial charge in [-0.05, 0) is 83.5 Å². The van der Waals surface area contributed by atoms with E-state index in [1.54, 1.807) is 0 Å². The number of ether oxygens (including phenoxy) is 2. The summed E-state index contributed by atoms with van der Waals surface area (Å²) in [5.74, 6) is -0.215. The molecular weight excluding hydrogens is 617 g/mol. The quantitative estimate of drug-likeness (QED) is 0.0397. The Bertz CT molecular complexity index is 865. The molecule has 0 bridgehead atoms. The van der Waals surface area contributed by atoms with E-state index in [4.69, 9.17) is 9.47 Å². The van der Waals surface area contributed by atoms with Gasteiger partial charge in [0.25, 0.3) is 0 Å². The molecule has 288 valence electrons. The molecule has 0 aromatic rings. The number of hydrogen-bond donors (Lipinski definition) is 1. The molecule has 0 radical (unpaired) electrons. The smallest absolute Gasteiger partial charge is 0.306 e. The Balaban J connectivity index is 3.50. The van der Waals surface area contributed by atoms with E-state index < -0.39 is 6.10 Å². The molecule has 4 heteroatoms. The number of esters is 1. The molecule has 0 aliphatic carbocycles. The lowest BCUT2D eigenvalue weighted by Gasteiger charge is -2.15. The van der Waals surface area contributed by atoms with Gasteiger partial charge in [-0.1, -0.05) is 170 Å². The Morgan fingerprint density at radius 3 is 1.36 bits per heavy atom. The normalized spacial score (nSPS) is 13.1. The third-order valence-corrected chi connectivity index (χ3v) is 8.77. The SMILES string of the molecule is CC/C=C\C/C=C\C/C=C\C/C=C\CCCCCCCCCCC(=O)OC(CO)COCCCCCCCC/C=C\C/C=C\CCCCCC. The van der Waals surface area contributed by atoms with Crippen LogP contribution in [0.4, 0.5) is 0 Å². The molecule has 0 fully saturated rings. The second kappa shape index (κ2) is 43.0. The second-order valence-electron chi connectivity index (χ2n) is 13.7. The molecule has 0 spiro atoms. The van der Waals surface area contributed by atoms with Gasteiger partial charge < -0.3 is 14.6 Å². The standard InChI is InChI=1S/C46H80O4/c1-3-5-7-9-11-13-15-17-19-21-22-23-24-25-27-29-31-33-35-37-39-41-46(48)50-45(43-47)44-49-42-40-38-36-34-32-30-28-26-20-18-16-14-12-10-8-6-4-2/h5,7,11,13-14,16-17,19-20,22-23,26,45,47H,3-4,6,8-10,12,15,18,21,24-25,27-44H2,1-2H3/b7-5-,13-11-,16-14-,19-17-,23-22-,26-20-. The number of allylic oxidation sites excluding steroid dienone is 12. The first-order valence-corrected chi connectivity index (χ1v) is 21.0. The fraction of sp³-hybridized carbons (Fsp3) is 0.717. The van der Waals surface area contributed by atoms with Crippen LogP contribution in [0.2, 0.25) is 0 Å². The Hall–Kier alpha value is -2.17. The van der Waals surface area contributed by atoms with Crippen molar-refractivity contribution in [2.75, 3.05) is 19.8 Å². The number of hydrogen-bond acceptors (Lipinski definition) is 4. The molecule has 50 heavy (non-hydrogen) atoms. The lowest BCUT2D eigenvalue weighted by Crippen LogP contribution is -2.27. The number of rotatable bonds is 38. The van der Waals surface area contributed by atoms with Crippen molar-refractivity contribution in [3.63, 3.8) is 0 Å². The number of aliphatic hydroxyl groups excluding tert-OH is 1. The maximum atomic E-state index is 12.2. The average Bonchev–Trinajstić information content (AvgIpc) is 3.12. The van der Waals surface area contributed by atoms with Crippen LogP contribution in [0.25, 0.3) is 0 Å². The van der Waals surface area contributed by atoms with Gasteiger partial charge in [0.2, 0.25) is 0 Å². The first-order chi connectivity index (χ1) is 24.7. The van der Waals surface area contributed by atoms with Crippen LogP contribution in [0.15, 0.2) is 72.9 Å². The summed E-state index contributed by atoms with van der Waals surface area (Å²) >= 11 is 0. The molecule has 4 nitrogen and oxygen atoms in total. The first kappa shape index (κ1) is 47.8. The molecule has 1 N–H and O–H groups in total. The molecule has 0 aromatic carbocycles. The summed E-state index contributed by atoms with van der Waals surface area (Å²) in [6, 6.07) is 0. The van der Waals surface area contributed by atoms with E-state index in [1.165, 1.54) is 109 Å². The van der Waals surface area contributed by atoms with Crippen LogP contribution in [0.1, 0.15) is 187 Å². The van der Waals surface area contributed by atoms with Crippen molar-refractivity contribution < 1.29 is 19.4 Å². The molecule has 0 amide bonds. The highest BCUT2D eigenvalue weighted by Crippen LogP contribution is 2.12. The van der Waals surface area contributed by atoms with E-state index in [0.29, 0.717) is 13.0 Å². The predicted octanol–water partition coefficient (Wildman–Crippen LogP) is 13.8. The molecule has 1 unspecified atom stereocenters. The zero-order chi connectivity index (χ0) is 36.3. The van der Waals surface area contributed by atoms with Crippen molar-refractivity contribution >= 4 is 5.97 Å². The van der Waals surface area contributed by atoms with Crippen molar-refractivity contribution in [2.24, 2.45) is 0 Å². The largest absolute Gasteiger partial charge is 0.457 e. The fourth-order valence-electron chi connectivity index (χ4n) is 5.64. The van der Waals surface area contributed by atoms with Gasteiger partial charge in [-0.2, -0.15) is 0 Å². The van der Waals surface area contributed by atoms with E-state index in [0.717, 1.165) is 57.8 Å². The minimum atomic E-state index is -0.548. The third kappa shape index (κ3) is 40.3. The molecule has 1 atom stereocenters. The van der Waals surface area contributed by atoms with Crippen LogP contribution >= 0.6 is 0 Å².